The molecule has 0 unspecified atom stereocenters. The molecule has 246 valence electrons. The maximum absolute atomic E-state index is 13.7. The number of thioether (sulfide) groups is 2. The number of carbonyl (C=O) groups is 4. The van der Waals surface area contributed by atoms with Crippen molar-refractivity contribution in [2.24, 2.45) is 0 Å². The Morgan fingerprint density at radius 1 is 1.09 bits per heavy atom. The SMILES string of the molecule is CSC[C@@H](NC(=O)COc1cccc2cnccc12)C(=O)N[C@@H](Cc1ccccc1)[C@H](O)C(=O)N1CSC[C@H]1C(=O)NC(C)(C)C. The zero-order valence-corrected chi connectivity index (χ0v) is 28.0. The molecule has 46 heavy (non-hydrogen) atoms. The molecule has 0 bridgehead atoms. The molecule has 1 fully saturated rings. The first-order valence-corrected chi connectivity index (χ1v) is 17.5. The van der Waals surface area contributed by atoms with Gasteiger partial charge in [-0.05, 0) is 51.1 Å². The van der Waals surface area contributed by atoms with Gasteiger partial charge in [0.2, 0.25) is 11.8 Å². The summed E-state index contributed by atoms with van der Waals surface area (Å²) in [6.07, 6.45) is 3.67. The number of amides is 4. The molecule has 0 radical (unpaired) electrons. The van der Waals surface area contributed by atoms with E-state index in [4.69, 9.17) is 4.74 Å². The van der Waals surface area contributed by atoms with Crippen molar-refractivity contribution in [2.75, 3.05) is 30.2 Å². The van der Waals surface area contributed by atoms with Gasteiger partial charge in [-0.25, -0.2) is 0 Å². The number of fused-ring (bicyclic) bond motifs is 1. The average Bonchev–Trinajstić information content (AvgIpc) is 3.53. The highest BCUT2D eigenvalue weighted by Crippen LogP contribution is 2.25. The summed E-state index contributed by atoms with van der Waals surface area (Å²) in [5.74, 6) is -0.602. The van der Waals surface area contributed by atoms with Crippen LogP contribution in [0.25, 0.3) is 10.8 Å². The predicted octanol–water partition coefficient (Wildman–Crippen LogP) is 2.37. The fourth-order valence-electron chi connectivity index (χ4n) is 5.01. The molecular weight excluding hydrogens is 627 g/mol. The summed E-state index contributed by atoms with van der Waals surface area (Å²) in [5, 5.41) is 21.5. The molecule has 11 nitrogen and oxygen atoms in total. The number of nitrogens with one attached hydrogen (secondary N) is 3. The summed E-state index contributed by atoms with van der Waals surface area (Å²) in [6.45, 7) is 5.25. The molecule has 13 heteroatoms. The highest BCUT2D eigenvalue weighted by molar-refractivity contribution is 7.99. The van der Waals surface area contributed by atoms with Gasteiger partial charge in [0.25, 0.3) is 11.8 Å². The van der Waals surface area contributed by atoms with E-state index in [9.17, 15) is 24.3 Å². The molecule has 1 aliphatic rings. The van der Waals surface area contributed by atoms with Crippen LogP contribution in [0.1, 0.15) is 26.3 Å². The van der Waals surface area contributed by atoms with Gasteiger partial charge in [0.05, 0.1) is 11.9 Å². The maximum atomic E-state index is 13.7. The van der Waals surface area contributed by atoms with E-state index < -0.39 is 47.5 Å². The second-order valence-electron chi connectivity index (χ2n) is 12.0. The third-order valence-corrected chi connectivity index (χ3v) is 8.89. The van der Waals surface area contributed by atoms with E-state index in [0.717, 1.165) is 16.3 Å². The van der Waals surface area contributed by atoms with Gasteiger partial charge in [-0.3, -0.25) is 24.2 Å². The van der Waals surface area contributed by atoms with E-state index in [2.05, 4.69) is 20.9 Å². The maximum Gasteiger partial charge on any atom is 0.258 e. The van der Waals surface area contributed by atoms with Crippen LogP contribution in [0.15, 0.2) is 67.0 Å². The number of carbonyl (C=O) groups excluding carboxylic acids is 4. The fraction of sp³-hybridized carbons (Fsp3) is 0.424. The molecule has 2 heterocycles. The molecule has 0 aliphatic carbocycles. The van der Waals surface area contributed by atoms with E-state index in [-0.39, 0.29) is 30.6 Å². The van der Waals surface area contributed by atoms with Crippen LogP contribution in [0, 0.1) is 0 Å². The van der Waals surface area contributed by atoms with E-state index in [1.807, 2.05) is 57.2 Å². The van der Waals surface area contributed by atoms with Crippen molar-refractivity contribution in [1.29, 1.82) is 0 Å². The second kappa shape index (κ2) is 16.1. The Bertz CT molecular complexity index is 1510. The van der Waals surface area contributed by atoms with Gasteiger partial charge < -0.3 is 30.7 Å². The lowest BCUT2D eigenvalue weighted by atomic mass is 9.99. The Morgan fingerprint density at radius 3 is 2.57 bits per heavy atom. The lowest BCUT2D eigenvalue weighted by molar-refractivity contribution is -0.147. The largest absolute Gasteiger partial charge is 0.483 e. The third kappa shape index (κ3) is 9.60. The van der Waals surface area contributed by atoms with Crippen LogP contribution < -0.4 is 20.7 Å². The monoisotopic (exact) mass is 667 g/mol. The Morgan fingerprint density at radius 2 is 1.85 bits per heavy atom. The average molecular weight is 668 g/mol. The van der Waals surface area contributed by atoms with Gasteiger partial charge in [-0.1, -0.05) is 42.5 Å². The van der Waals surface area contributed by atoms with Crippen molar-refractivity contribution in [3.63, 3.8) is 0 Å². The summed E-state index contributed by atoms with van der Waals surface area (Å²) in [7, 11) is 0. The van der Waals surface area contributed by atoms with E-state index in [1.54, 1.807) is 36.8 Å². The van der Waals surface area contributed by atoms with Crippen molar-refractivity contribution in [3.8, 4) is 5.75 Å². The molecule has 1 saturated heterocycles. The molecule has 4 N–H and O–H groups in total. The first kappa shape index (κ1) is 35.1. The number of nitrogens with zero attached hydrogens (tertiary/aromatic N) is 2. The molecule has 4 atom stereocenters. The van der Waals surface area contributed by atoms with Gasteiger partial charge in [-0.2, -0.15) is 11.8 Å². The zero-order valence-electron chi connectivity index (χ0n) is 26.4. The number of hydrogen-bond donors (Lipinski definition) is 4. The Labute approximate surface area is 277 Å². The van der Waals surface area contributed by atoms with Crippen LogP contribution >= 0.6 is 23.5 Å². The van der Waals surface area contributed by atoms with Crippen molar-refractivity contribution in [3.05, 3.63) is 72.6 Å². The minimum absolute atomic E-state index is 0.151. The Kier molecular flexibility index (Phi) is 12.3. The van der Waals surface area contributed by atoms with Crippen LogP contribution in [-0.4, -0.2) is 98.6 Å². The highest BCUT2D eigenvalue weighted by atomic mass is 32.2. The number of aliphatic hydroxyl groups is 1. The number of pyridine rings is 1. The van der Waals surface area contributed by atoms with Crippen LogP contribution in [0.4, 0.5) is 0 Å². The van der Waals surface area contributed by atoms with Crippen LogP contribution in [0.2, 0.25) is 0 Å². The van der Waals surface area contributed by atoms with Gasteiger partial charge in [0.15, 0.2) is 12.7 Å². The number of hydrogen-bond acceptors (Lipinski definition) is 9. The summed E-state index contributed by atoms with van der Waals surface area (Å²) in [6, 6.07) is 13.7. The van der Waals surface area contributed by atoms with E-state index >= 15 is 0 Å². The minimum atomic E-state index is -1.64. The summed E-state index contributed by atoms with van der Waals surface area (Å²) in [5.41, 5.74) is 0.303. The summed E-state index contributed by atoms with van der Waals surface area (Å²) < 4.78 is 5.78. The number of aliphatic hydroxyl groups excluding tert-OH is 1. The number of benzene rings is 2. The van der Waals surface area contributed by atoms with Crippen molar-refractivity contribution in [1.82, 2.24) is 25.8 Å². The second-order valence-corrected chi connectivity index (χ2v) is 13.9. The van der Waals surface area contributed by atoms with Crippen LogP contribution in [0.3, 0.4) is 0 Å². The molecule has 1 aliphatic heterocycles. The lowest BCUT2D eigenvalue weighted by Gasteiger charge is -2.32. The van der Waals surface area contributed by atoms with Crippen molar-refractivity contribution < 1.29 is 29.0 Å². The van der Waals surface area contributed by atoms with Crippen molar-refractivity contribution >= 4 is 57.9 Å². The van der Waals surface area contributed by atoms with E-state index in [0.29, 0.717) is 11.5 Å². The first-order chi connectivity index (χ1) is 22.0. The summed E-state index contributed by atoms with van der Waals surface area (Å²) in [4.78, 5) is 58.7. The van der Waals surface area contributed by atoms with Gasteiger partial charge in [0, 0.05) is 40.2 Å². The fourth-order valence-corrected chi connectivity index (χ4v) is 6.74. The van der Waals surface area contributed by atoms with Crippen molar-refractivity contribution in [2.45, 2.75) is 57.0 Å². The Hall–Kier alpha value is -3.81. The van der Waals surface area contributed by atoms with Gasteiger partial charge >= 0.3 is 0 Å². The molecular formula is C33H41N5O6S2. The summed E-state index contributed by atoms with van der Waals surface area (Å²) >= 11 is 2.78. The Balaban J connectivity index is 1.46. The number of aromatic nitrogens is 1. The smallest absolute Gasteiger partial charge is 0.258 e. The predicted molar refractivity (Wildman–Crippen MR) is 181 cm³/mol. The third-order valence-electron chi connectivity index (χ3n) is 7.21. The standard InChI is InChI=1S/C33H41N5O6S2/c1-33(2,3)37-31(42)26-19-46-20-38(26)32(43)29(40)24(15-21-9-6-5-7-10-21)36-30(41)25(18-45-4)35-28(39)17-44-27-12-8-11-22-16-34-14-13-23(22)27/h5-14,16,24-26,29,40H,15,17-20H2,1-4H3,(H,35,39)(H,36,41)(H,37,42)/t24-,25+,26-,29-/m0/s1. The molecule has 4 amide bonds. The normalized spacial score (nSPS) is 16.7. The van der Waals surface area contributed by atoms with Gasteiger partial charge in [-0.15, -0.1) is 11.8 Å². The molecule has 3 aromatic rings. The topological polar surface area (TPSA) is 150 Å². The molecule has 4 rings (SSSR count). The molecule has 2 aromatic carbocycles. The van der Waals surface area contributed by atoms with Crippen LogP contribution in [-0.2, 0) is 25.6 Å². The van der Waals surface area contributed by atoms with Crippen LogP contribution in [0.5, 0.6) is 5.75 Å². The highest BCUT2D eigenvalue weighted by Gasteiger charge is 2.41. The number of rotatable bonds is 13. The molecule has 0 spiro atoms. The lowest BCUT2D eigenvalue weighted by Crippen LogP contribution is -2.59. The zero-order chi connectivity index (χ0) is 33.3. The number of ether oxygens (including phenoxy) is 1. The van der Waals surface area contributed by atoms with E-state index in [1.165, 1.54) is 28.4 Å². The quantitative estimate of drug-likeness (QED) is 0.216. The van der Waals surface area contributed by atoms with Gasteiger partial charge in [0.1, 0.15) is 17.8 Å². The minimum Gasteiger partial charge on any atom is -0.483 e. The first-order valence-electron chi connectivity index (χ1n) is 14.9. The molecule has 0 saturated carbocycles. The molecule has 1 aromatic heterocycles.